The molecule has 26 heavy (non-hydrogen) atoms. The van der Waals surface area contributed by atoms with Gasteiger partial charge < -0.3 is 4.74 Å². The average Bonchev–Trinajstić information content (AvgIpc) is 2.62. The summed E-state index contributed by atoms with van der Waals surface area (Å²) in [4.78, 5) is 32.2. The first-order chi connectivity index (χ1) is 12.4. The van der Waals surface area contributed by atoms with Gasteiger partial charge >= 0.3 is 5.69 Å². The second kappa shape index (κ2) is 8.33. The average molecular weight is 358 g/mol. The molecule has 0 fully saturated rings. The zero-order valence-electron chi connectivity index (χ0n) is 13.6. The Hall–Kier alpha value is -3.82. The van der Waals surface area contributed by atoms with Gasteiger partial charge in [0.1, 0.15) is 0 Å². The fraction of sp³-hybridized carbons (Fsp3) is 0.125. The van der Waals surface area contributed by atoms with Crippen LogP contribution in [0.15, 0.2) is 47.6 Å². The first-order valence-corrected chi connectivity index (χ1v) is 7.28. The van der Waals surface area contributed by atoms with Gasteiger partial charge in [-0.3, -0.25) is 25.0 Å². The van der Waals surface area contributed by atoms with Gasteiger partial charge in [-0.2, -0.15) is 5.10 Å². The van der Waals surface area contributed by atoms with Gasteiger partial charge in [0.25, 0.3) is 5.69 Å². The van der Waals surface area contributed by atoms with Crippen LogP contribution in [0.4, 0.5) is 11.4 Å². The Kier molecular flexibility index (Phi) is 5.93. The van der Waals surface area contributed by atoms with Crippen molar-refractivity contribution >= 4 is 23.5 Å². The van der Waals surface area contributed by atoms with Crippen molar-refractivity contribution in [3.05, 3.63) is 73.8 Å². The zero-order chi connectivity index (χ0) is 19.1. The van der Waals surface area contributed by atoms with E-state index in [1.54, 1.807) is 6.07 Å². The van der Waals surface area contributed by atoms with E-state index in [0.717, 1.165) is 0 Å². The molecule has 0 heterocycles. The van der Waals surface area contributed by atoms with Crippen molar-refractivity contribution in [3.63, 3.8) is 0 Å². The molecule has 0 saturated carbocycles. The number of nitro groups is 2. The van der Waals surface area contributed by atoms with Gasteiger partial charge in [0.05, 0.1) is 29.6 Å². The van der Waals surface area contributed by atoms with E-state index in [-0.39, 0.29) is 23.5 Å². The number of amides is 1. The Morgan fingerprint density at radius 1 is 1.15 bits per heavy atom. The van der Waals surface area contributed by atoms with Crippen LogP contribution in [-0.2, 0) is 11.2 Å². The van der Waals surface area contributed by atoms with Crippen LogP contribution in [0.25, 0.3) is 0 Å². The van der Waals surface area contributed by atoms with Crippen molar-refractivity contribution in [3.8, 4) is 5.75 Å². The van der Waals surface area contributed by atoms with E-state index < -0.39 is 15.8 Å². The topological polar surface area (TPSA) is 137 Å². The predicted molar refractivity (Wildman–Crippen MR) is 92.2 cm³/mol. The Balaban J connectivity index is 1.97. The van der Waals surface area contributed by atoms with Crippen molar-refractivity contribution < 1.29 is 19.4 Å². The number of rotatable bonds is 7. The van der Waals surface area contributed by atoms with E-state index in [9.17, 15) is 25.0 Å². The third-order valence-corrected chi connectivity index (χ3v) is 3.31. The number of nitrogens with one attached hydrogen (secondary N) is 1. The molecule has 0 aliphatic rings. The fourth-order valence-corrected chi connectivity index (χ4v) is 2.07. The van der Waals surface area contributed by atoms with Crippen molar-refractivity contribution in [2.45, 2.75) is 6.42 Å². The van der Waals surface area contributed by atoms with Crippen LogP contribution in [0.3, 0.4) is 0 Å². The number of non-ortho nitro benzene ring substituents is 1. The maximum Gasteiger partial charge on any atom is 0.311 e. The molecule has 0 spiro atoms. The Bertz CT molecular complexity index is 864. The van der Waals surface area contributed by atoms with Crippen LogP contribution in [-0.4, -0.2) is 29.1 Å². The van der Waals surface area contributed by atoms with Gasteiger partial charge in [0, 0.05) is 23.8 Å². The molecule has 1 N–H and O–H groups in total. The summed E-state index contributed by atoms with van der Waals surface area (Å²) in [6.07, 6.45) is 1.25. The number of hydrazone groups is 1. The maximum atomic E-state index is 11.8. The molecule has 0 saturated heterocycles. The van der Waals surface area contributed by atoms with Crippen molar-refractivity contribution in [2.75, 3.05) is 7.11 Å². The first-order valence-electron chi connectivity index (χ1n) is 7.28. The number of benzene rings is 2. The smallest absolute Gasteiger partial charge is 0.311 e. The number of ether oxygens (including phenoxy) is 1. The summed E-state index contributed by atoms with van der Waals surface area (Å²) in [5.74, 6) is -0.313. The minimum atomic E-state index is -0.580. The SMILES string of the molecule is COc1ccc(/C=N\NC(=O)Cc2ccc([N+](=O)[O-])cc2)cc1[N+](=O)[O-]. The standard InChI is InChI=1S/C16H14N4O6/c1-26-15-7-4-12(8-14(15)20(24)25)10-17-18-16(21)9-11-2-5-13(6-3-11)19(22)23/h2-8,10H,9H2,1H3,(H,18,21)/b17-10-. The molecule has 1 amide bonds. The fourth-order valence-electron chi connectivity index (χ4n) is 2.07. The zero-order valence-corrected chi connectivity index (χ0v) is 13.6. The molecule has 2 aromatic carbocycles. The van der Waals surface area contributed by atoms with Crippen LogP contribution in [0, 0.1) is 20.2 Å². The molecular formula is C16H14N4O6. The molecular weight excluding hydrogens is 344 g/mol. The lowest BCUT2D eigenvalue weighted by atomic mass is 10.1. The number of hydrogen-bond donors (Lipinski definition) is 1. The summed E-state index contributed by atoms with van der Waals surface area (Å²) in [5.41, 5.74) is 3.01. The number of carbonyl (C=O) groups excluding carboxylic acids is 1. The van der Waals surface area contributed by atoms with E-state index in [1.165, 1.54) is 49.7 Å². The number of carbonyl (C=O) groups is 1. The van der Waals surface area contributed by atoms with Gasteiger partial charge in [-0.1, -0.05) is 12.1 Å². The molecule has 0 unspecified atom stereocenters. The van der Waals surface area contributed by atoms with Crippen LogP contribution in [0.2, 0.25) is 0 Å². The minimum absolute atomic E-state index is 0.0158. The number of hydrogen-bond acceptors (Lipinski definition) is 7. The van der Waals surface area contributed by atoms with Crippen molar-refractivity contribution in [1.29, 1.82) is 0 Å². The monoisotopic (exact) mass is 358 g/mol. The second-order valence-electron chi connectivity index (χ2n) is 5.08. The van der Waals surface area contributed by atoms with Gasteiger partial charge in [0.2, 0.25) is 5.91 Å². The summed E-state index contributed by atoms with van der Waals surface area (Å²) in [7, 11) is 1.33. The predicted octanol–water partition coefficient (Wildman–Crippen LogP) is 2.20. The third kappa shape index (κ3) is 4.84. The molecule has 0 aliphatic heterocycles. The Morgan fingerprint density at radius 3 is 2.42 bits per heavy atom. The van der Waals surface area contributed by atoms with Gasteiger partial charge in [-0.05, 0) is 17.7 Å². The van der Waals surface area contributed by atoms with E-state index in [0.29, 0.717) is 11.1 Å². The van der Waals surface area contributed by atoms with Crippen LogP contribution < -0.4 is 10.2 Å². The highest BCUT2D eigenvalue weighted by Gasteiger charge is 2.14. The van der Waals surface area contributed by atoms with E-state index in [2.05, 4.69) is 10.5 Å². The van der Waals surface area contributed by atoms with Crippen molar-refractivity contribution in [2.24, 2.45) is 5.10 Å². The molecule has 2 rings (SSSR count). The van der Waals surface area contributed by atoms with Gasteiger partial charge in [-0.25, -0.2) is 5.43 Å². The molecule has 2 aromatic rings. The first kappa shape index (κ1) is 18.5. The number of methoxy groups -OCH3 is 1. The minimum Gasteiger partial charge on any atom is -0.490 e. The molecule has 0 aliphatic carbocycles. The van der Waals surface area contributed by atoms with E-state index >= 15 is 0 Å². The molecule has 10 nitrogen and oxygen atoms in total. The lowest BCUT2D eigenvalue weighted by Crippen LogP contribution is -2.19. The second-order valence-corrected chi connectivity index (χ2v) is 5.08. The summed E-state index contributed by atoms with van der Waals surface area (Å²) in [5, 5.41) is 25.3. The van der Waals surface area contributed by atoms with Gasteiger partial charge in [0.15, 0.2) is 5.75 Å². The molecule has 0 bridgehead atoms. The summed E-state index contributed by atoms with van der Waals surface area (Å²) < 4.78 is 4.90. The highest BCUT2D eigenvalue weighted by atomic mass is 16.6. The highest BCUT2D eigenvalue weighted by Crippen LogP contribution is 2.26. The molecule has 0 radical (unpaired) electrons. The molecule has 0 atom stereocenters. The lowest BCUT2D eigenvalue weighted by Gasteiger charge is -2.02. The van der Waals surface area contributed by atoms with Crippen molar-refractivity contribution in [1.82, 2.24) is 5.43 Å². The Labute approximate surface area is 147 Å². The highest BCUT2D eigenvalue weighted by molar-refractivity contribution is 5.84. The van der Waals surface area contributed by atoms with Crippen LogP contribution >= 0.6 is 0 Å². The quantitative estimate of drug-likeness (QED) is 0.457. The summed E-state index contributed by atoms with van der Waals surface area (Å²) in [6, 6.07) is 9.83. The molecule has 10 heteroatoms. The van der Waals surface area contributed by atoms with Gasteiger partial charge in [-0.15, -0.1) is 0 Å². The van der Waals surface area contributed by atoms with Crippen LogP contribution in [0.5, 0.6) is 5.75 Å². The molecule has 134 valence electrons. The number of nitro benzene ring substituents is 2. The van der Waals surface area contributed by atoms with Crippen LogP contribution in [0.1, 0.15) is 11.1 Å². The summed E-state index contributed by atoms with van der Waals surface area (Å²) in [6.45, 7) is 0. The normalized spacial score (nSPS) is 10.5. The summed E-state index contributed by atoms with van der Waals surface area (Å²) >= 11 is 0. The maximum absolute atomic E-state index is 11.8. The third-order valence-electron chi connectivity index (χ3n) is 3.31. The van der Waals surface area contributed by atoms with E-state index in [4.69, 9.17) is 4.74 Å². The number of nitrogens with zero attached hydrogens (tertiary/aromatic N) is 3. The lowest BCUT2D eigenvalue weighted by molar-refractivity contribution is -0.385. The molecule has 0 aromatic heterocycles. The van der Waals surface area contributed by atoms with E-state index in [1.807, 2.05) is 0 Å². The Morgan fingerprint density at radius 2 is 1.85 bits per heavy atom. The largest absolute Gasteiger partial charge is 0.490 e.